The largest absolute Gasteiger partial charge is 0.394 e. The molecule has 0 spiro atoms. The number of ether oxygens (including phenoxy) is 3. The van der Waals surface area contributed by atoms with Gasteiger partial charge in [-0.05, 0) is 31.9 Å². The average Bonchev–Trinajstić information content (AvgIpc) is 3.73. The van der Waals surface area contributed by atoms with Crippen molar-refractivity contribution in [2.45, 2.75) is 85.8 Å². The minimum atomic E-state index is -1.64. The molecule has 3 aromatic rings. The van der Waals surface area contributed by atoms with Crippen LogP contribution in [-0.2, 0) is 20.8 Å². The topological polar surface area (TPSA) is 210 Å². The maximum atomic E-state index is 13.8. The Morgan fingerprint density at radius 2 is 1.72 bits per heavy atom. The second kappa shape index (κ2) is 15.7. The fourth-order valence-corrected chi connectivity index (χ4v) is 6.71. The van der Waals surface area contributed by atoms with E-state index in [-0.39, 0.29) is 23.7 Å². The fraction of sp³-hybridized carbons (Fsp3) is 0.643. The van der Waals surface area contributed by atoms with Crippen LogP contribution in [-0.4, -0.2) is 135 Å². The van der Waals surface area contributed by atoms with E-state index in [4.69, 9.17) is 14.2 Å². The van der Waals surface area contributed by atoms with Crippen LogP contribution in [0.3, 0.4) is 0 Å². The first kappa shape index (κ1) is 35.6. The molecule has 2 aliphatic rings. The van der Waals surface area contributed by atoms with E-state index in [0.29, 0.717) is 18.9 Å². The number of hydrogen-bond donors (Lipinski definition) is 6. The number of rotatable bonds is 13. The summed E-state index contributed by atoms with van der Waals surface area (Å²) in [5, 5.41) is 79.8. The molecule has 5 unspecified atom stereocenters. The van der Waals surface area contributed by atoms with Crippen LogP contribution in [0.4, 0.5) is 13.2 Å². The quantitative estimate of drug-likeness (QED) is 0.101. The van der Waals surface area contributed by atoms with E-state index in [9.17, 15) is 43.8 Å². The summed E-state index contributed by atoms with van der Waals surface area (Å²) in [7, 11) is 0. The average molecular weight is 691 g/mol. The third-order valence-corrected chi connectivity index (χ3v) is 9.47. The molecule has 0 bridgehead atoms. The Morgan fingerprint density at radius 1 is 1.02 bits per heavy atom. The lowest BCUT2D eigenvalue weighted by molar-refractivity contribution is -0.180. The first-order valence-electron chi connectivity index (χ1n) is 15.0. The highest BCUT2D eigenvalue weighted by Crippen LogP contribution is 2.39. The molecular formula is C28H37F3N6O9S. The Hall–Kier alpha value is -2.72. The van der Waals surface area contributed by atoms with Crippen molar-refractivity contribution in [2.24, 2.45) is 0 Å². The van der Waals surface area contributed by atoms with Gasteiger partial charge in [-0.1, -0.05) is 22.2 Å². The monoisotopic (exact) mass is 690 g/mol. The summed E-state index contributed by atoms with van der Waals surface area (Å²) >= 11 is 0.756. The van der Waals surface area contributed by atoms with Crippen molar-refractivity contribution in [2.75, 3.05) is 26.4 Å². The molecule has 2 aromatic heterocycles. The van der Waals surface area contributed by atoms with Crippen molar-refractivity contribution >= 4 is 11.8 Å². The van der Waals surface area contributed by atoms with E-state index in [0.717, 1.165) is 41.4 Å². The van der Waals surface area contributed by atoms with Gasteiger partial charge in [0.1, 0.15) is 53.1 Å². The number of halogens is 3. The van der Waals surface area contributed by atoms with Gasteiger partial charge in [0.15, 0.2) is 17.5 Å². The molecule has 0 aliphatic carbocycles. The Bertz CT molecular complexity index is 1440. The molecule has 2 fully saturated rings. The van der Waals surface area contributed by atoms with E-state index in [1.165, 1.54) is 17.8 Å². The fourth-order valence-electron chi connectivity index (χ4n) is 5.44. The van der Waals surface area contributed by atoms with E-state index in [1.807, 2.05) is 0 Å². The molecule has 4 heterocycles. The van der Waals surface area contributed by atoms with Crippen LogP contribution in [0.1, 0.15) is 37.4 Å². The number of hydrogen-bond acceptors (Lipinski definition) is 14. The SMILES string of the molecule is C[C@@H](O)C(CO)OC(S[C@@H]1O[C@H](CO)C(O)C(n2cc(C3CCOCC3)nn2)C1O)[C@@H](O)Cn1cc(-c2cc(F)c(F)c(F)c2)nn1. The summed E-state index contributed by atoms with van der Waals surface area (Å²) in [6.07, 6.45) is -3.63. The Kier molecular flexibility index (Phi) is 11.9. The van der Waals surface area contributed by atoms with Crippen LogP contribution in [0.2, 0.25) is 0 Å². The summed E-state index contributed by atoms with van der Waals surface area (Å²) in [6, 6.07) is 0.355. The smallest absolute Gasteiger partial charge is 0.194 e. The molecule has 15 nitrogen and oxygen atoms in total. The minimum absolute atomic E-state index is 0.0288. The molecule has 1 aromatic carbocycles. The predicted molar refractivity (Wildman–Crippen MR) is 156 cm³/mol. The summed E-state index contributed by atoms with van der Waals surface area (Å²) in [5.41, 5.74) is -2.06. The number of aromatic nitrogens is 6. The lowest BCUT2D eigenvalue weighted by Crippen LogP contribution is -2.56. The van der Waals surface area contributed by atoms with Crippen molar-refractivity contribution < 1.29 is 58.0 Å². The van der Waals surface area contributed by atoms with E-state index < -0.39 is 84.2 Å². The normalized spacial score (nSPS) is 26.6. The van der Waals surface area contributed by atoms with Gasteiger partial charge in [-0.2, -0.15) is 0 Å². The van der Waals surface area contributed by atoms with Gasteiger partial charge < -0.3 is 44.8 Å². The van der Waals surface area contributed by atoms with Crippen molar-refractivity contribution in [3.8, 4) is 11.3 Å². The molecule has 0 amide bonds. The Morgan fingerprint density at radius 3 is 2.36 bits per heavy atom. The molecule has 0 radical (unpaired) electrons. The van der Waals surface area contributed by atoms with Crippen molar-refractivity contribution in [3.05, 3.63) is 47.7 Å². The zero-order valence-corrected chi connectivity index (χ0v) is 26.0. The van der Waals surface area contributed by atoms with Gasteiger partial charge >= 0.3 is 0 Å². The van der Waals surface area contributed by atoms with Crippen molar-refractivity contribution in [1.82, 2.24) is 30.0 Å². The van der Waals surface area contributed by atoms with E-state index in [2.05, 4.69) is 20.6 Å². The summed E-state index contributed by atoms with van der Waals surface area (Å²) in [4.78, 5) is 0. The number of aliphatic hydroxyl groups is 6. The van der Waals surface area contributed by atoms with E-state index >= 15 is 0 Å². The van der Waals surface area contributed by atoms with Crippen LogP contribution in [0.15, 0.2) is 24.5 Å². The van der Waals surface area contributed by atoms with Gasteiger partial charge in [0, 0.05) is 30.9 Å². The lowest BCUT2D eigenvalue weighted by Gasteiger charge is -2.43. The maximum absolute atomic E-state index is 13.8. The minimum Gasteiger partial charge on any atom is -0.394 e. The molecule has 6 N–H and O–H groups in total. The molecular weight excluding hydrogens is 653 g/mol. The van der Waals surface area contributed by atoms with Gasteiger partial charge in [0.2, 0.25) is 0 Å². The molecule has 47 heavy (non-hydrogen) atoms. The highest BCUT2D eigenvalue weighted by molar-refractivity contribution is 8.00. The summed E-state index contributed by atoms with van der Waals surface area (Å²) in [6.45, 7) is 0.881. The molecule has 260 valence electrons. The third-order valence-electron chi connectivity index (χ3n) is 8.12. The number of benzene rings is 1. The van der Waals surface area contributed by atoms with Crippen molar-refractivity contribution in [3.63, 3.8) is 0 Å². The molecule has 2 aliphatic heterocycles. The molecule has 9 atom stereocenters. The van der Waals surface area contributed by atoms with Crippen LogP contribution in [0, 0.1) is 17.5 Å². The Labute approximate surface area is 270 Å². The number of thioether (sulfide) groups is 1. The van der Waals surface area contributed by atoms with Crippen LogP contribution in [0.5, 0.6) is 0 Å². The predicted octanol–water partition coefficient (Wildman–Crippen LogP) is -0.293. The molecule has 2 saturated heterocycles. The van der Waals surface area contributed by atoms with Gasteiger partial charge in [0.05, 0.1) is 37.8 Å². The molecule has 19 heteroatoms. The first-order chi connectivity index (χ1) is 22.5. The van der Waals surface area contributed by atoms with Gasteiger partial charge in [-0.15, -0.1) is 10.2 Å². The molecule has 0 saturated carbocycles. The lowest BCUT2D eigenvalue weighted by atomic mass is 9.96. The number of aliphatic hydroxyl groups excluding tert-OH is 6. The van der Waals surface area contributed by atoms with Gasteiger partial charge in [0.25, 0.3) is 0 Å². The first-order valence-corrected chi connectivity index (χ1v) is 15.9. The molecule has 5 rings (SSSR count). The highest BCUT2D eigenvalue weighted by Gasteiger charge is 2.48. The standard InChI is InChI=1S/C28H37F3N6O9S/c1-13(40)21(11-38)45-27(20(41)10-36-8-18(32-34-36)15-6-16(29)23(31)17(30)7-15)47-28-26(43)24(25(42)22(12-39)46-28)37-9-19(33-35-37)14-2-4-44-5-3-14/h6-9,13-14,20-22,24-28,38-43H,2-5,10-12H2,1H3/t13-,20+,21?,22-,24?,25?,26?,27?,28+/m1/s1. The van der Waals surface area contributed by atoms with Crippen LogP contribution in [0.25, 0.3) is 11.3 Å². The van der Waals surface area contributed by atoms with Crippen LogP contribution < -0.4 is 0 Å². The van der Waals surface area contributed by atoms with Gasteiger partial charge in [-0.25, -0.2) is 22.5 Å². The second-order valence-corrected chi connectivity index (χ2v) is 12.7. The Balaban J connectivity index is 1.36. The summed E-state index contributed by atoms with van der Waals surface area (Å²) in [5.74, 6) is -4.41. The zero-order valence-electron chi connectivity index (χ0n) is 25.2. The van der Waals surface area contributed by atoms with Gasteiger partial charge in [-0.3, -0.25) is 0 Å². The van der Waals surface area contributed by atoms with E-state index in [1.54, 1.807) is 6.20 Å². The van der Waals surface area contributed by atoms with Crippen LogP contribution >= 0.6 is 11.8 Å². The maximum Gasteiger partial charge on any atom is 0.194 e. The summed E-state index contributed by atoms with van der Waals surface area (Å²) < 4.78 is 60.5. The third kappa shape index (κ3) is 8.12. The van der Waals surface area contributed by atoms with Crippen molar-refractivity contribution in [1.29, 1.82) is 0 Å². The second-order valence-electron chi connectivity index (χ2n) is 11.5. The zero-order chi connectivity index (χ0) is 33.8. The highest BCUT2D eigenvalue weighted by atomic mass is 32.2. The number of nitrogens with zero attached hydrogens (tertiary/aromatic N) is 6.